The highest BCUT2D eigenvalue weighted by molar-refractivity contribution is 5.66. The van der Waals surface area contributed by atoms with Gasteiger partial charge >= 0.3 is 5.97 Å². The summed E-state index contributed by atoms with van der Waals surface area (Å²) >= 11 is 0. The van der Waals surface area contributed by atoms with Crippen LogP contribution in [0.5, 0.6) is 0 Å². The number of H-pyrrole nitrogens is 1. The molecule has 0 bridgehead atoms. The summed E-state index contributed by atoms with van der Waals surface area (Å²) in [4.78, 5) is 20.3. The summed E-state index contributed by atoms with van der Waals surface area (Å²) in [6, 6.07) is 1.94. The van der Waals surface area contributed by atoms with Crippen molar-refractivity contribution >= 4 is 5.97 Å². The average molecular weight is 289 g/mol. The SMILES string of the molecule is O=C(O)Cn1ccc([C@H]2CCCN(Cc3cnc[nH]3)C2)n1. The standard InChI is InChI=1S/C14H19N5O2/c20-14(21)9-19-5-3-13(17-19)11-2-1-4-18(7-11)8-12-6-15-10-16-12/h3,5-6,10-11H,1-2,4,7-9H2,(H,15,16)(H,20,21)/t11-/m0/s1. The van der Waals surface area contributed by atoms with E-state index in [0.717, 1.165) is 43.9 Å². The van der Waals surface area contributed by atoms with Crippen LogP contribution in [0.2, 0.25) is 0 Å². The predicted molar refractivity (Wildman–Crippen MR) is 75.7 cm³/mol. The zero-order valence-corrected chi connectivity index (χ0v) is 11.8. The van der Waals surface area contributed by atoms with Crippen molar-refractivity contribution in [2.45, 2.75) is 31.8 Å². The van der Waals surface area contributed by atoms with Gasteiger partial charge in [-0.2, -0.15) is 5.10 Å². The van der Waals surface area contributed by atoms with Crippen molar-refractivity contribution < 1.29 is 9.90 Å². The molecule has 0 aromatic carbocycles. The van der Waals surface area contributed by atoms with E-state index in [2.05, 4.69) is 20.0 Å². The zero-order chi connectivity index (χ0) is 14.7. The second-order valence-electron chi connectivity index (χ2n) is 5.48. The van der Waals surface area contributed by atoms with Crippen LogP contribution in [0.15, 0.2) is 24.8 Å². The van der Waals surface area contributed by atoms with Crippen molar-refractivity contribution in [3.63, 3.8) is 0 Å². The molecule has 0 aliphatic carbocycles. The second kappa shape index (κ2) is 6.09. The van der Waals surface area contributed by atoms with Gasteiger partial charge in [-0.3, -0.25) is 14.4 Å². The lowest BCUT2D eigenvalue weighted by atomic mass is 9.95. The molecule has 0 amide bonds. The molecule has 3 heterocycles. The number of aliphatic carboxylic acids is 1. The van der Waals surface area contributed by atoms with Crippen LogP contribution < -0.4 is 0 Å². The first-order valence-electron chi connectivity index (χ1n) is 7.15. The number of nitrogens with one attached hydrogen (secondary N) is 1. The third kappa shape index (κ3) is 3.49. The predicted octanol–water partition coefficient (Wildman–Crippen LogP) is 1.07. The Morgan fingerprint density at radius 3 is 3.19 bits per heavy atom. The normalized spacial score (nSPS) is 19.7. The number of nitrogens with zero attached hydrogens (tertiary/aromatic N) is 4. The van der Waals surface area contributed by atoms with Crippen LogP contribution in [0.4, 0.5) is 0 Å². The number of carboxylic acids is 1. The highest BCUT2D eigenvalue weighted by Crippen LogP contribution is 2.26. The molecule has 0 spiro atoms. The number of carbonyl (C=O) groups is 1. The van der Waals surface area contributed by atoms with E-state index < -0.39 is 5.97 Å². The van der Waals surface area contributed by atoms with Crippen molar-refractivity contribution in [2.75, 3.05) is 13.1 Å². The zero-order valence-electron chi connectivity index (χ0n) is 11.8. The molecule has 21 heavy (non-hydrogen) atoms. The summed E-state index contributed by atoms with van der Waals surface area (Å²) < 4.78 is 1.49. The van der Waals surface area contributed by atoms with Gasteiger partial charge < -0.3 is 10.1 Å². The Balaban J connectivity index is 1.62. The van der Waals surface area contributed by atoms with Crippen LogP contribution >= 0.6 is 0 Å². The molecule has 1 saturated heterocycles. The minimum absolute atomic E-state index is 0.0788. The first-order valence-corrected chi connectivity index (χ1v) is 7.15. The molecule has 2 aromatic heterocycles. The van der Waals surface area contributed by atoms with Crippen molar-refractivity contribution in [3.05, 3.63) is 36.2 Å². The maximum absolute atomic E-state index is 10.7. The van der Waals surface area contributed by atoms with Crippen molar-refractivity contribution in [1.29, 1.82) is 0 Å². The van der Waals surface area contributed by atoms with E-state index in [-0.39, 0.29) is 6.54 Å². The molecular weight excluding hydrogens is 270 g/mol. The van der Waals surface area contributed by atoms with Gasteiger partial charge in [0.15, 0.2) is 0 Å². The number of hydrogen-bond donors (Lipinski definition) is 2. The molecule has 0 unspecified atom stereocenters. The Hall–Kier alpha value is -2.15. The smallest absolute Gasteiger partial charge is 0.325 e. The Morgan fingerprint density at radius 2 is 2.43 bits per heavy atom. The minimum Gasteiger partial charge on any atom is -0.480 e. The quantitative estimate of drug-likeness (QED) is 0.859. The number of aromatic nitrogens is 4. The Labute approximate surface area is 122 Å². The number of imidazole rings is 1. The first kappa shape index (κ1) is 13.8. The number of piperidine rings is 1. The van der Waals surface area contributed by atoms with Gasteiger partial charge in [-0.05, 0) is 25.5 Å². The van der Waals surface area contributed by atoms with E-state index in [1.807, 2.05) is 12.3 Å². The molecule has 2 aromatic rings. The summed E-state index contributed by atoms with van der Waals surface area (Å²) in [5, 5.41) is 13.2. The third-order valence-corrected chi connectivity index (χ3v) is 3.83. The van der Waals surface area contributed by atoms with Gasteiger partial charge in [0.05, 0.1) is 12.0 Å². The van der Waals surface area contributed by atoms with Gasteiger partial charge in [0.1, 0.15) is 6.54 Å². The molecule has 3 rings (SSSR count). The van der Waals surface area contributed by atoms with E-state index in [1.165, 1.54) is 4.68 Å². The van der Waals surface area contributed by atoms with Crippen LogP contribution in [0, 0.1) is 0 Å². The molecule has 7 heteroatoms. The molecule has 1 fully saturated rings. The lowest BCUT2D eigenvalue weighted by Crippen LogP contribution is -2.34. The van der Waals surface area contributed by atoms with Crippen LogP contribution in [0.1, 0.15) is 30.1 Å². The number of hydrogen-bond acceptors (Lipinski definition) is 4. The van der Waals surface area contributed by atoms with Crippen molar-refractivity contribution in [3.8, 4) is 0 Å². The van der Waals surface area contributed by atoms with Gasteiger partial charge in [-0.25, -0.2) is 4.98 Å². The molecule has 1 aliphatic rings. The van der Waals surface area contributed by atoms with Gasteiger partial charge in [-0.15, -0.1) is 0 Å². The first-order chi connectivity index (χ1) is 10.2. The Kier molecular flexibility index (Phi) is 4.01. The molecule has 2 N–H and O–H groups in total. The highest BCUT2D eigenvalue weighted by Gasteiger charge is 2.23. The van der Waals surface area contributed by atoms with Crippen LogP contribution in [0.3, 0.4) is 0 Å². The molecule has 0 radical (unpaired) electrons. The van der Waals surface area contributed by atoms with Crippen LogP contribution in [-0.4, -0.2) is 48.8 Å². The monoisotopic (exact) mass is 289 g/mol. The van der Waals surface area contributed by atoms with Crippen LogP contribution in [0.25, 0.3) is 0 Å². The summed E-state index contributed by atoms with van der Waals surface area (Å²) in [5.74, 6) is -0.495. The maximum atomic E-state index is 10.7. The topological polar surface area (TPSA) is 87.0 Å². The third-order valence-electron chi connectivity index (χ3n) is 3.83. The molecule has 1 atom stereocenters. The largest absolute Gasteiger partial charge is 0.480 e. The average Bonchev–Trinajstić information content (AvgIpc) is 3.10. The van der Waals surface area contributed by atoms with E-state index in [0.29, 0.717) is 5.92 Å². The number of aromatic amines is 1. The molecule has 1 aliphatic heterocycles. The number of rotatable bonds is 5. The van der Waals surface area contributed by atoms with Gasteiger partial charge in [0, 0.05) is 37.1 Å². The number of likely N-dealkylation sites (tertiary alicyclic amines) is 1. The van der Waals surface area contributed by atoms with Crippen molar-refractivity contribution in [1.82, 2.24) is 24.6 Å². The lowest BCUT2D eigenvalue weighted by Gasteiger charge is -2.31. The summed E-state index contributed by atoms with van der Waals surface area (Å²) in [6.45, 7) is 2.81. The Morgan fingerprint density at radius 1 is 1.52 bits per heavy atom. The van der Waals surface area contributed by atoms with Gasteiger partial charge in [-0.1, -0.05) is 0 Å². The molecule has 0 saturated carbocycles. The van der Waals surface area contributed by atoms with E-state index >= 15 is 0 Å². The van der Waals surface area contributed by atoms with E-state index in [1.54, 1.807) is 12.5 Å². The summed E-state index contributed by atoms with van der Waals surface area (Å²) in [5.41, 5.74) is 2.11. The summed E-state index contributed by atoms with van der Waals surface area (Å²) in [7, 11) is 0. The fourth-order valence-electron chi connectivity index (χ4n) is 2.87. The Bertz CT molecular complexity index is 592. The van der Waals surface area contributed by atoms with Crippen molar-refractivity contribution in [2.24, 2.45) is 0 Å². The van der Waals surface area contributed by atoms with E-state index in [9.17, 15) is 4.79 Å². The van der Waals surface area contributed by atoms with Gasteiger partial charge in [0.2, 0.25) is 0 Å². The minimum atomic E-state index is -0.867. The lowest BCUT2D eigenvalue weighted by molar-refractivity contribution is -0.137. The van der Waals surface area contributed by atoms with Gasteiger partial charge in [0.25, 0.3) is 0 Å². The highest BCUT2D eigenvalue weighted by atomic mass is 16.4. The molecular formula is C14H19N5O2. The second-order valence-corrected chi connectivity index (χ2v) is 5.48. The summed E-state index contributed by atoms with van der Waals surface area (Å²) in [6.07, 6.45) is 7.53. The molecule has 112 valence electrons. The maximum Gasteiger partial charge on any atom is 0.325 e. The fraction of sp³-hybridized carbons (Fsp3) is 0.500. The fourth-order valence-corrected chi connectivity index (χ4v) is 2.87. The molecule has 7 nitrogen and oxygen atoms in total. The van der Waals surface area contributed by atoms with Crippen LogP contribution in [-0.2, 0) is 17.9 Å². The number of carboxylic acid groups (broad SMARTS) is 1. The van der Waals surface area contributed by atoms with E-state index in [4.69, 9.17) is 5.11 Å².